The minimum atomic E-state index is 0.252. The third-order valence-corrected chi connectivity index (χ3v) is 8.40. The summed E-state index contributed by atoms with van der Waals surface area (Å²) in [7, 11) is 0. The number of carbonyl (C=O) groups excluding carboxylic acids is 1. The summed E-state index contributed by atoms with van der Waals surface area (Å²) in [4.78, 5) is 22.4. The van der Waals surface area contributed by atoms with Gasteiger partial charge in [0.2, 0.25) is 0 Å². The number of ketones is 1. The maximum absolute atomic E-state index is 12.4. The van der Waals surface area contributed by atoms with Crippen molar-refractivity contribution in [3.63, 3.8) is 0 Å². The Morgan fingerprint density at radius 1 is 1.00 bits per heavy atom. The fourth-order valence-electron chi connectivity index (χ4n) is 5.73. The largest absolute Gasteiger partial charge is 0.365 e. The molecule has 2 unspecified atom stereocenters. The van der Waals surface area contributed by atoms with Crippen molar-refractivity contribution in [3.8, 4) is 0 Å². The third kappa shape index (κ3) is 4.21. The van der Waals surface area contributed by atoms with Crippen molar-refractivity contribution in [2.45, 2.75) is 83.5 Å². The molecule has 3 heterocycles. The van der Waals surface area contributed by atoms with Crippen LogP contribution < -0.4 is 9.80 Å². The highest BCUT2D eigenvalue weighted by Gasteiger charge is 2.44. The van der Waals surface area contributed by atoms with E-state index < -0.39 is 0 Å². The smallest absolute Gasteiger partial charge is 0.167 e. The number of benzene rings is 1. The highest BCUT2D eigenvalue weighted by molar-refractivity contribution is 9.10. The molecule has 0 N–H and O–H groups in total. The highest BCUT2D eigenvalue weighted by atomic mass is 79.9. The lowest BCUT2D eigenvalue weighted by molar-refractivity contribution is 0.0967. The van der Waals surface area contributed by atoms with E-state index in [1.807, 2.05) is 12.3 Å². The van der Waals surface area contributed by atoms with Gasteiger partial charge >= 0.3 is 0 Å². The predicted molar refractivity (Wildman–Crippen MR) is 135 cm³/mol. The second-order valence-electron chi connectivity index (χ2n) is 10.3. The van der Waals surface area contributed by atoms with Gasteiger partial charge in [-0.2, -0.15) is 0 Å². The van der Waals surface area contributed by atoms with Crippen LogP contribution in [0.25, 0.3) is 0 Å². The van der Waals surface area contributed by atoms with Crippen LogP contribution in [0.4, 0.5) is 11.5 Å². The van der Waals surface area contributed by atoms with E-state index in [1.54, 1.807) is 0 Å². The number of rotatable bonds is 7. The van der Waals surface area contributed by atoms with E-state index in [4.69, 9.17) is 4.98 Å². The predicted octanol–water partition coefficient (Wildman–Crippen LogP) is 6.49. The van der Waals surface area contributed by atoms with Gasteiger partial charge in [0.05, 0.1) is 0 Å². The molecule has 0 radical (unpaired) electrons. The van der Waals surface area contributed by atoms with Gasteiger partial charge in [-0.05, 0) is 87.8 Å². The number of piperidine rings is 1. The normalized spacial score (nSPS) is 25.8. The third-order valence-electron chi connectivity index (χ3n) is 7.88. The average Bonchev–Trinajstić information content (AvgIpc) is 3.60. The zero-order valence-corrected chi connectivity index (χ0v) is 21.0. The quantitative estimate of drug-likeness (QED) is 0.411. The van der Waals surface area contributed by atoms with E-state index in [9.17, 15) is 4.79 Å². The topological polar surface area (TPSA) is 36.4 Å². The molecule has 5 rings (SSSR count). The molecule has 2 bridgehead atoms. The molecular weight excluding hydrogens is 462 g/mol. The van der Waals surface area contributed by atoms with Crippen LogP contribution in [0.3, 0.4) is 0 Å². The second kappa shape index (κ2) is 8.81. The lowest BCUT2D eigenvalue weighted by atomic mass is 9.91. The number of aromatic nitrogens is 1. The Morgan fingerprint density at radius 3 is 2.19 bits per heavy atom. The number of hydrogen-bond acceptors (Lipinski definition) is 4. The summed E-state index contributed by atoms with van der Waals surface area (Å²) in [5.74, 6) is 2.17. The standard InChI is InChI=1S/C27H34BrN3O/c1-17(2)18(3)30(22-9-7-21(28)8-10-22)25-14-23-11-12-24(15-25)31(23)26-13-6-20(16-29-26)27(32)19-4-5-19/h6-10,13,16-19,23-25H,4-5,11-12,14-15H2,1-3H3/t18-,23?,24?,25?/m1/s1. The van der Waals surface area contributed by atoms with E-state index >= 15 is 0 Å². The molecule has 1 aromatic heterocycles. The summed E-state index contributed by atoms with van der Waals surface area (Å²) in [6.07, 6.45) is 8.69. The number of Topliss-reactive ketones (excluding diaryl/α,β-unsaturated/α-hetero) is 1. The zero-order valence-electron chi connectivity index (χ0n) is 19.4. The molecule has 1 aliphatic carbocycles. The van der Waals surface area contributed by atoms with Crippen molar-refractivity contribution >= 4 is 33.2 Å². The molecule has 2 aromatic rings. The van der Waals surface area contributed by atoms with Gasteiger partial charge in [-0.15, -0.1) is 0 Å². The molecule has 170 valence electrons. The fraction of sp³-hybridized carbons (Fsp3) is 0.556. The summed E-state index contributed by atoms with van der Waals surface area (Å²) in [5, 5.41) is 0. The monoisotopic (exact) mass is 495 g/mol. The number of nitrogens with zero attached hydrogens (tertiary/aromatic N) is 3. The van der Waals surface area contributed by atoms with Gasteiger partial charge in [-0.3, -0.25) is 4.79 Å². The molecule has 2 aliphatic heterocycles. The minimum Gasteiger partial charge on any atom is -0.365 e. The first kappa shape index (κ1) is 21.9. The maximum Gasteiger partial charge on any atom is 0.167 e. The molecule has 5 heteroatoms. The van der Waals surface area contributed by atoms with Crippen molar-refractivity contribution in [1.29, 1.82) is 0 Å². The van der Waals surface area contributed by atoms with Crippen LogP contribution in [-0.2, 0) is 0 Å². The Labute approximate surface area is 200 Å². The van der Waals surface area contributed by atoms with Crippen LogP contribution in [0.2, 0.25) is 0 Å². The van der Waals surface area contributed by atoms with E-state index in [1.165, 1.54) is 18.5 Å². The van der Waals surface area contributed by atoms with Crippen LogP contribution in [0.1, 0.15) is 69.7 Å². The van der Waals surface area contributed by atoms with Crippen LogP contribution in [0, 0.1) is 11.8 Å². The molecule has 3 atom stereocenters. The van der Waals surface area contributed by atoms with Crippen molar-refractivity contribution in [2.75, 3.05) is 9.80 Å². The van der Waals surface area contributed by atoms with E-state index in [2.05, 4.69) is 76.8 Å². The first-order chi connectivity index (χ1) is 15.4. The Bertz CT molecular complexity index is 940. The zero-order chi connectivity index (χ0) is 22.4. The lowest BCUT2D eigenvalue weighted by Crippen LogP contribution is -2.54. The van der Waals surface area contributed by atoms with Crippen molar-refractivity contribution in [1.82, 2.24) is 4.98 Å². The minimum absolute atomic E-state index is 0.252. The highest BCUT2D eigenvalue weighted by Crippen LogP contribution is 2.42. The van der Waals surface area contributed by atoms with E-state index in [-0.39, 0.29) is 11.7 Å². The fourth-order valence-corrected chi connectivity index (χ4v) is 5.99. The number of fused-ring (bicyclic) bond motifs is 2. The Balaban J connectivity index is 1.36. The molecule has 3 aliphatic rings. The van der Waals surface area contributed by atoms with Gasteiger partial charge in [0.15, 0.2) is 5.78 Å². The van der Waals surface area contributed by atoms with Crippen molar-refractivity contribution in [3.05, 3.63) is 52.6 Å². The van der Waals surface area contributed by atoms with Gasteiger partial charge in [0, 0.05) is 52.0 Å². The Morgan fingerprint density at radius 2 is 1.66 bits per heavy atom. The molecule has 1 aromatic carbocycles. The summed E-state index contributed by atoms with van der Waals surface area (Å²) in [6, 6.07) is 15.0. The SMILES string of the molecule is CC(C)[C@@H](C)N(c1ccc(Br)cc1)C1CC2CCC(C1)N2c1ccc(C(=O)C2CC2)cn1. The molecule has 2 saturated heterocycles. The van der Waals surface area contributed by atoms with Crippen LogP contribution >= 0.6 is 15.9 Å². The number of carbonyl (C=O) groups is 1. The van der Waals surface area contributed by atoms with Crippen LogP contribution in [0.15, 0.2) is 47.1 Å². The van der Waals surface area contributed by atoms with Crippen LogP contribution in [0.5, 0.6) is 0 Å². The summed E-state index contributed by atoms with van der Waals surface area (Å²) in [5.41, 5.74) is 2.11. The maximum atomic E-state index is 12.4. The Hall–Kier alpha value is -1.88. The first-order valence-electron chi connectivity index (χ1n) is 12.2. The first-order valence-corrected chi connectivity index (χ1v) is 13.0. The summed E-state index contributed by atoms with van der Waals surface area (Å²) < 4.78 is 1.13. The summed E-state index contributed by atoms with van der Waals surface area (Å²) >= 11 is 3.59. The summed E-state index contributed by atoms with van der Waals surface area (Å²) in [6.45, 7) is 7.03. The number of hydrogen-bond donors (Lipinski definition) is 0. The number of halogens is 1. The molecule has 32 heavy (non-hydrogen) atoms. The molecule has 3 fully saturated rings. The van der Waals surface area contributed by atoms with Crippen LogP contribution in [-0.4, -0.2) is 34.9 Å². The Kier molecular flexibility index (Phi) is 6.04. The average molecular weight is 496 g/mol. The molecule has 1 saturated carbocycles. The van der Waals surface area contributed by atoms with Crippen molar-refractivity contribution in [2.24, 2.45) is 11.8 Å². The van der Waals surface area contributed by atoms with E-state index in [0.29, 0.717) is 30.1 Å². The lowest BCUT2D eigenvalue weighted by Gasteiger charge is -2.47. The second-order valence-corrected chi connectivity index (χ2v) is 11.2. The molecule has 0 amide bonds. The van der Waals surface area contributed by atoms with Crippen molar-refractivity contribution < 1.29 is 4.79 Å². The molecular formula is C27H34BrN3O. The molecule has 4 nitrogen and oxygen atoms in total. The molecule has 0 spiro atoms. The van der Waals surface area contributed by atoms with Gasteiger partial charge in [-0.1, -0.05) is 29.8 Å². The van der Waals surface area contributed by atoms with Gasteiger partial charge in [-0.25, -0.2) is 4.98 Å². The number of pyridine rings is 1. The van der Waals surface area contributed by atoms with Gasteiger partial charge in [0.25, 0.3) is 0 Å². The van der Waals surface area contributed by atoms with Gasteiger partial charge in [0.1, 0.15) is 5.82 Å². The van der Waals surface area contributed by atoms with Gasteiger partial charge < -0.3 is 9.80 Å². The van der Waals surface area contributed by atoms with E-state index in [0.717, 1.165) is 41.5 Å². The number of anilines is 2.